The van der Waals surface area contributed by atoms with Gasteiger partial charge in [0.1, 0.15) is 0 Å². The van der Waals surface area contributed by atoms with Gasteiger partial charge in [0.2, 0.25) is 0 Å². The summed E-state index contributed by atoms with van der Waals surface area (Å²) in [7, 11) is 0. The van der Waals surface area contributed by atoms with Gasteiger partial charge in [0.25, 0.3) is 5.91 Å². The quantitative estimate of drug-likeness (QED) is 0.439. The van der Waals surface area contributed by atoms with E-state index in [2.05, 4.69) is 10.5 Å². The molecule has 23 heavy (non-hydrogen) atoms. The molecule has 0 aliphatic carbocycles. The van der Waals surface area contributed by atoms with Gasteiger partial charge in [-0.25, -0.2) is 5.43 Å². The van der Waals surface area contributed by atoms with Crippen LogP contribution < -0.4 is 10.2 Å². The first-order chi connectivity index (χ1) is 11.0. The van der Waals surface area contributed by atoms with Crippen LogP contribution in [-0.2, 0) is 0 Å². The minimum absolute atomic E-state index is 0.105. The number of benzene rings is 2. The van der Waals surface area contributed by atoms with Gasteiger partial charge in [-0.3, -0.25) is 4.79 Å². The summed E-state index contributed by atoms with van der Waals surface area (Å²) in [4.78, 5) is 12.0. The van der Waals surface area contributed by atoms with E-state index < -0.39 is 0 Å². The Labute approximate surface area is 148 Å². The number of aromatic hydroxyl groups is 1. The Morgan fingerprint density at radius 1 is 1.39 bits per heavy atom. The molecule has 0 saturated heterocycles. The molecule has 2 aromatic carbocycles. The summed E-state index contributed by atoms with van der Waals surface area (Å²) in [6.45, 7) is 4.22. The molecule has 0 bridgehead atoms. The smallest absolute Gasteiger partial charge is 0.271 e. The van der Waals surface area contributed by atoms with Crippen LogP contribution in [0.15, 0.2) is 41.5 Å². The molecule has 2 N–H and O–H groups in total. The summed E-state index contributed by atoms with van der Waals surface area (Å²) < 4.78 is 6.02. The second-order valence-corrected chi connectivity index (χ2v) is 6.01. The molecule has 0 fully saturated rings. The molecule has 2 rings (SSSR count). The van der Waals surface area contributed by atoms with Gasteiger partial charge >= 0.3 is 0 Å². The molecule has 0 aromatic heterocycles. The normalized spacial score (nSPS) is 10.7. The number of aryl methyl sites for hydroxylation is 1. The second kappa shape index (κ2) is 7.96. The lowest BCUT2D eigenvalue weighted by Gasteiger charge is -2.08. The minimum atomic E-state index is -0.275. The van der Waals surface area contributed by atoms with Crippen LogP contribution in [0.3, 0.4) is 0 Å². The number of hydrogen-bond acceptors (Lipinski definition) is 4. The predicted octanol–water partition coefficient (Wildman–Crippen LogP) is 3.47. The minimum Gasteiger partial charge on any atom is -0.504 e. The van der Waals surface area contributed by atoms with Crippen LogP contribution in [0.4, 0.5) is 0 Å². The van der Waals surface area contributed by atoms with Crippen LogP contribution in [0, 0.1) is 10.5 Å². The van der Waals surface area contributed by atoms with Gasteiger partial charge in [0, 0.05) is 5.56 Å². The Kier molecular flexibility index (Phi) is 5.97. The summed E-state index contributed by atoms with van der Waals surface area (Å²) >= 11 is 2.01. The first kappa shape index (κ1) is 17.3. The Hall–Kier alpha value is -2.09. The van der Waals surface area contributed by atoms with Gasteiger partial charge in [-0.05, 0) is 66.3 Å². The third-order valence-corrected chi connectivity index (χ3v) is 3.83. The maximum atomic E-state index is 12.0. The van der Waals surface area contributed by atoms with Crippen molar-refractivity contribution in [3.8, 4) is 11.5 Å². The van der Waals surface area contributed by atoms with E-state index in [1.54, 1.807) is 24.3 Å². The van der Waals surface area contributed by atoms with E-state index in [0.29, 0.717) is 21.5 Å². The molecular weight excluding hydrogens is 407 g/mol. The predicted molar refractivity (Wildman–Crippen MR) is 98.2 cm³/mol. The summed E-state index contributed by atoms with van der Waals surface area (Å²) in [5.74, 6) is 0.225. The number of ether oxygens (including phenoxy) is 1. The molecule has 0 unspecified atom stereocenters. The number of phenols is 1. The first-order valence-corrected chi connectivity index (χ1v) is 8.14. The molecule has 2 aromatic rings. The average Bonchev–Trinajstić information content (AvgIpc) is 2.52. The van der Waals surface area contributed by atoms with E-state index in [4.69, 9.17) is 4.74 Å². The number of halogens is 1. The molecule has 0 atom stereocenters. The monoisotopic (exact) mass is 424 g/mol. The van der Waals surface area contributed by atoms with Crippen molar-refractivity contribution < 1.29 is 14.6 Å². The Morgan fingerprint density at radius 3 is 2.87 bits per heavy atom. The number of nitrogens with zero attached hydrogens (tertiary/aromatic N) is 1. The van der Waals surface area contributed by atoms with Crippen LogP contribution in [0.2, 0.25) is 0 Å². The number of carbonyl (C=O) groups is 1. The van der Waals surface area contributed by atoms with Crippen molar-refractivity contribution in [1.29, 1.82) is 0 Å². The average molecular weight is 424 g/mol. The van der Waals surface area contributed by atoms with Crippen LogP contribution >= 0.6 is 22.6 Å². The molecule has 0 saturated carbocycles. The molecule has 0 aliphatic rings. The van der Waals surface area contributed by atoms with Crippen molar-refractivity contribution in [3.05, 3.63) is 56.7 Å². The van der Waals surface area contributed by atoms with Gasteiger partial charge in [-0.2, -0.15) is 5.10 Å². The third-order valence-electron chi connectivity index (χ3n) is 3.01. The zero-order valence-corrected chi connectivity index (χ0v) is 15.0. The topological polar surface area (TPSA) is 70.9 Å². The zero-order chi connectivity index (χ0) is 16.8. The number of rotatable bonds is 5. The first-order valence-electron chi connectivity index (χ1n) is 7.06. The highest BCUT2D eigenvalue weighted by molar-refractivity contribution is 14.1. The van der Waals surface area contributed by atoms with Gasteiger partial charge in [-0.1, -0.05) is 17.7 Å². The molecule has 0 aliphatic heterocycles. The molecule has 1 amide bonds. The lowest BCUT2D eigenvalue weighted by Crippen LogP contribution is -2.17. The summed E-state index contributed by atoms with van der Waals surface area (Å²) in [5, 5.41) is 13.8. The maximum absolute atomic E-state index is 12.0. The van der Waals surface area contributed by atoms with Crippen molar-refractivity contribution in [1.82, 2.24) is 5.43 Å². The third kappa shape index (κ3) is 4.69. The van der Waals surface area contributed by atoms with Crippen molar-refractivity contribution in [2.24, 2.45) is 5.10 Å². The van der Waals surface area contributed by atoms with E-state index in [-0.39, 0.29) is 11.7 Å². The fourth-order valence-electron chi connectivity index (χ4n) is 1.95. The van der Waals surface area contributed by atoms with Gasteiger partial charge in [0.15, 0.2) is 11.5 Å². The number of phenolic OH excluding ortho intramolecular Hbond substituents is 1. The van der Waals surface area contributed by atoms with Crippen molar-refractivity contribution in [3.63, 3.8) is 0 Å². The molecule has 6 heteroatoms. The largest absolute Gasteiger partial charge is 0.504 e. The lowest BCUT2D eigenvalue weighted by atomic mass is 10.1. The van der Waals surface area contributed by atoms with Crippen LogP contribution in [0.5, 0.6) is 11.5 Å². The zero-order valence-electron chi connectivity index (χ0n) is 12.8. The Balaban J connectivity index is 2.10. The van der Waals surface area contributed by atoms with E-state index in [1.807, 2.05) is 48.6 Å². The van der Waals surface area contributed by atoms with E-state index >= 15 is 0 Å². The summed E-state index contributed by atoms with van der Waals surface area (Å²) in [5.41, 5.74) is 4.77. The van der Waals surface area contributed by atoms with Gasteiger partial charge in [-0.15, -0.1) is 0 Å². The highest BCUT2D eigenvalue weighted by Gasteiger charge is 2.08. The number of nitrogens with one attached hydrogen (secondary N) is 1. The summed E-state index contributed by atoms with van der Waals surface area (Å²) in [6.07, 6.45) is 1.51. The molecule has 0 heterocycles. The summed E-state index contributed by atoms with van der Waals surface area (Å²) in [6, 6.07) is 10.7. The van der Waals surface area contributed by atoms with Gasteiger partial charge < -0.3 is 9.84 Å². The van der Waals surface area contributed by atoms with E-state index in [1.165, 1.54) is 6.21 Å². The number of hydrazone groups is 1. The Bertz CT molecular complexity index is 745. The molecule has 5 nitrogen and oxygen atoms in total. The van der Waals surface area contributed by atoms with Crippen molar-refractivity contribution >= 4 is 34.7 Å². The fourth-order valence-corrected chi connectivity index (χ4v) is 2.58. The van der Waals surface area contributed by atoms with Crippen LogP contribution in [0.1, 0.15) is 28.4 Å². The van der Waals surface area contributed by atoms with Crippen molar-refractivity contribution in [2.75, 3.05) is 6.61 Å². The number of carbonyl (C=O) groups excluding carboxylic acids is 1. The SMILES string of the molecule is CCOc1cc(/C=N/NC(=O)c2cccc(C)c2)cc(I)c1O. The second-order valence-electron chi connectivity index (χ2n) is 4.85. The van der Waals surface area contributed by atoms with Crippen LogP contribution in [0.25, 0.3) is 0 Å². The fraction of sp³-hybridized carbons (Fsp3) is 0.176. The highest BCUT2D eigenvalue weighted by atomic mass is 127. The molecule has 0 spiro atoms. The van der Waals surface area contributed by atoms with E-state index in [9.17, 15) is 9.90 Å². The Morgan fingerprint density at radius 2 is 2.17 bits per heavy atom. The highest BCUT2D eigenvalue weighted by Crippen LogP contribution is 2.32. The molecule has 120 valence electrons. The maximum Gasteiger partial charge on any atom is 0.271 e. The number of amides is 1. The van der Waals surface area contributed by atoms with Crippen LogP contribution in [-0.4, -0.2) is 23.8 Å². The van der Waals surface area contributed by atoms with Gasteiger partial charge in [0.05, 0.1) is 16.4 Å². The standard InChI is InChI=1S/C17H17IN2O3/c1-3-23-15-9-12(8-14(18)16(15)21)10-19-20-17(22)13-6-4-5-11(2)7-13/h4-10,21H,3H2,1-2H3,(H,20,22)/b19-10+. The molecule has 0 radical (unpaired) electrons. The lowest BCUT2D eigenvalue weighted by molar-refractivity contribution is 0.0955. The number of hydrogen-bond donors (Lipinski definition) is 2. The van der Waals surface area contributed by atoms with Crippen molar-refractivity contribution in [2.45, 2.75) is 13.8 Å². The van der Waals surface area contributed by atoms with E-state index in [0.717, 1.165) is 11.1 Å². The molecular formula is C17H17IN2O3.